The quantitative estimate of drug-likeness (QED) is 0.458. The average Bonchev–Trinajstić information content (AvgIpc) is 1.83. The van der Waals surface area contributed by atoms with Gasteiger partial charge in [-0.2, -0.15) is 8.42 Å². The minimum Gasteiger partial charge on any atom is -0.366 e. The number of carbonyl (C=O) groups excluding carboxylic acids is 1. The minimum absolute atomic E-state index is 0.485. The lowest BCUT2D eigenvalue weighted by molar-refractivity contribution is -0.129. The summed E-state index contributed by atoms with van der Waals surface area (Å²) in [5.74, 6) is -1.48. The Bertz CT molecular complexity index is 258. The van der Waals surface area contributed by atoms with Gasteiger partial charge in [0.1, 0.15) is 0 Å². The molecule has 0 saturated heterocycles. The highest BCUT2D eigenvalue weighted by Gasteiger charge is 2.45. The fourth-order valence-electron chi connectivity index (χ4n) is 0.484. The molecule has 0 spiro atoms. The van der Waals surface area contributed by atoms with Gasteiger partial charge in [0.2, 0.25) is 0 Å². The number of nitrogens with two attached hydrogens (primary N) is 1. The zero-order chi connectivity index (χ0) is 9.28. The molecule has 0 aliphatic carbocycles. The Balaban J connectivity index is 5.09. The van der Waals surface area contributed by atoms with Gasteiger partial charge < -0.3 is 10.8 Å². The SMILES string of the molecule is CCC(O)(C(N)=O)S(=O)(=O)O. The molecule has 66 valence electrons. The van der Waals surface area contributed by atoms with Gasteiger partial charge in [0.25, 0.3) is 10.8 Å². The normalized spacial score (nSPS) is 17.4. The first-order valence-corrected chi connectivity index (χ1v) is 4.19. The van der Waals surface area contributed by atoms with E-state index in [4.69, 9.17) is 9.66 Å². The molecule has 0 rings (SSSR count). The topological polar surface area (TPSA) is 118 Å². The molecule has 7 heteroatoms. The molecule has 0 bridgehead atoms. The fourth-order valence-corrected chi connectivity index (χ4v) is 1.10. The van der Waals surface area contributed by atoms with Gasteiger partial charge in [0, 0.05) is 0 Å². The Morgan fingerprint density at radius 2 is 2.00 bits per heavy atom. The maximum absolute atomic E-state index is 10.3. The smallest absolute Gasteiger partial charge is 0.304 e. The molecule has 0 aliphatic rings. The van der Waals surface area contributed by atoms with E-state index in [1.54, 1.807) is 0 Å². The highest BCUT2D eigenvalue weighted by Crippen LogP contribution is 2.15. The molecule has 0 fully saturated rings. The highest BCUT2D eigenvalue weighted by atomic mass is 32.2. The second kappa shape index (κ2) is 2.76. The standard InChI is InChI=1S/C4H9NO5S/c1-2-4(7,3(5)6)11(8,9)10/h7H,2H2,1H3,(H2,5,6)(H,8,9,10). The van der Waals surface area contributed by atoms with Crippen LogP contribution in [0.15, 0.2) is 0 Å². The van der Waals surface area contributed by atoms with Gasteiger partial charge in [0.05, 0.1) is 0 Å². The molecule has 0 saturated carbocycles. The summed E-state index contributed by atoms with van der Waals surface area (Å²) < 4.78 is 29.0. The van der Waals surface area contributed by atoms with Crippen molar-refractivity contribution in [2.75, 3.05) is 0 Å². The monoisotopic (exact) mass is 183 g/mol. The lowest BCUT2D eigenvalue weighted by atomic mass is 10.2. The number of primary amides is 1. The predicted molar refractivity (Wildman–Crippen MR) is 36.0 cm³/mol. The lowest BCUT2D eigenvalue weighted by Gasteiger charge is -2.17. The summed E-state index contributed by atoms with van der Waals surface area (Å²) in [5, 5.41) is 8.92. The number of amides is 1. The summed E-state index contributed by atoms with van der Waals surface area (Å²) >= 11 is 0. The maximum Gasteiger partial charge on any atom is 0.304 e. The van der Waals surface area contributed by atoms with Crippen LogP contribution in [0.3, 0.4) is 0 Å². The van der Waals surface area contributed by atoms with E-state index in [2.05, 4.69) is 5.73 Å². The zero-order valence-electron chi connectivity index (χ0n) is 5.81. The van der Waals surface area contributed by atoms with Crippen molar-refractivity contribution in [2.24, 2.45) is 5.73 Å². The third kappa shape index (κ3) is 1.67. The first-order valence-electron chi connectivity index (χ1n) is 2.75. The van der Waals surface area contributed by atoms with Gasteiger partial charge in [-0.3, -0.25) is 9.35 Å². The van der Waals surface area contributed by atoms with Crippen molar-refractivity contribution < 1.29 is 22.9 Å². The van der Waals surface area contributed by atoms with Gasteiger partial charge >= 0.3 is 10.1 Å². The summed E-state index contributed by atoms with van der Waals surface area (Å²) in [5.41, 5.74) is 4.54. The van der Waals surface area contributed by atoms with E-state index >= 15 is 0 Å². The van der Waals surface area contributed by atoms with Crippen LogP contribution in [0.2, 0.25) is 0 Å². The summed E-state index contributed by atoms with van der Waals surface area (Å²) in [6.07, 6.45) is -0.485. The lowest BCUT2D eigenvalue weighted by Crippen LogP contribution is -2.49. The summed E-state index contributed by atoms with van der Waals surface area (Å²) in [6, 6.07) is 0. The van der Waals surface area contributed by atoms with Crippen molar-refractivity contribution in [3.8, 4) is 0 Å². The van der Waals surface area contributed by atoms with Crippen LogP contribution in [0.4, 0.5) is 0 Å². The molecule has 0 aliphatic heterocycles. The maximum atomic E-state index is 10.3. The van der Waals surface area contributed by atoms with Crippen molar-refractivity contribution in [3.63, 3.8) is 0 Å². The van der Waals surface area contributed by atoms with Crippen molar-refractivity contribution in [2.45, 2.75) is 18.3 Å². The molecular formula is C4H9NO5S. The van der Waals surface area contributed by atoms with E-state index in [1.165, 1.54) is 6.92 Å². The Morgan fingerprint density at radius 3 is 2.00 bits per heavy atom. The summed E-state index contributed by atoms with van der Waals surface area (Å²) in [4.78, 5) is 7.48. The van der Waals surface area contributed by atoms with Gasteiger partial charge in [-0.15, -0.1) is 0 Å². The van der Waals surface area contributed by atoms with Crippen LogP contribution in [0.25, 0.3) is 0 Å². The second-order valence-electron chi connectivity index (χ2n) is 1.98. The second-order valence-corrected chi connectivity index (χ2v) is 3.60. The molecule has 4 N–H and O–H groups in total. The van der Waals surface area contributed by atoms with E-state index in [-0.39, 0.29) is 0 Å². The number of hydrogen-bond acceptors (Lipinski definition) is 4. The van der Waals surface area contributed by atoms with Gasteiger partial charge in [-0.05, 0) is 6.42 Å². The fraction of sp³-hybridized carbons (Fsp3) is 0.750. The number of hydrogen-bond donors (Lipinski definition) is 3. The van der Waals surface area contributed by atoms with Gasteiger partial charge in [0.15, 0.2) is 0 Å². The molecule has 0 aromatic heterocycles. The van der Waals surface area contributed by atoms with Gasteiger partial charge in [-0.25, -0.2) is 0 Å². The number of rotatable bonds is 3. The molecule has 1 atom stereocenters. The first kappa shape index (κ1) is 10.3. The molecular weight excluding hydrogens is 174 g/mol. The van der Waals surface area contributed by atoms with Crippen LogP contribution >= 0.6 is 0 Å². The largest absolute Gasteiger partial charge is 0.366 e. The van der Waals surface area contributed by atoms with Crippen molar-refractivity contribution >= 4 is 16.0 Å². The van der Waals surface area contributed by atoms with E-state index in [1.807, 2.05) is 0 Å². The van der Waals surface area contributed by atoms with Crippen LogP contribution < -0.4 is 5.73 Å². The van der Waals surface area contributed by atoms with Crippen molar-refractivity contribution in [3.05, 3.63) is 0 Å². The number of aliphatic hydroxyl groups is 1. The number of carbonyl (C=O) groups is 1. The Morgan fingerprint density at radius 1 is 1.64 bits per heavy atom. The molecule has 0 aromatic carbocycles. The third-order valence-electron chi connectivity index (χ3n) is 1.29. The van der Waals surface area contributed by atoms with Crippen LogP contribution in [-0.2, 0) is 14.9 Å². The zero-order valence-corrected chi connectivity index (χ0v) is 6.63. The summed E-state index contributed by atoms with van der Waals surface area (Å²) in [6.45, 7) is 1.21. The highest BCUT2D eigenvalue weighted by molar-refractivity contribution is 7.87. The Kier molecular flexibility index (Phi) is 2.60. The Hall–Kier alpha value is -0.660. The van der Waals surface area contributed by atoms with Crippen molar-refractivity contribution in [1.82, 2.24) is 0 Å². The average molecular weight is 183 g/mol. The Labute approximate surface area is 63.8 Å². The van der Waals surface area contributed by atoms with E-state index < -0.39 is 27.4 Å². The van der Waals surface area contributed by atoms with Crippen LogP contribution in [0, 0.1) is 0 Å². The third-order valence-corrected chi connectivity index (χ3v) is 2.63. The molecule has 11 heavy (non-hydrogen) atoms. The molecule has 6 nitrogen and oxygen atoms in total. The minimum atomic E-state index is -4.83. The molecule has 1 unspecified atom stereocenters. The first-order chi connectivity index (χ1) is 4.75. The molecule has 0 heterocycles. The van der Waals surface area contributed by atoms with Crippen molar-refractivity contribution in [1.29, 1.82) is 0 Å². The van der Waals surface area contributed by atoms with Gasteiger partial charge in [-0.1, -0.05) is 6.92 Å². The van der Waals surface area contributed by atoms with E-state index in [9.17, 15) is 13.2 Å². The summed E-state index contributed by atoms with van der Waals surface area (Å²) in [7, 11) is -4.83. The van der Waals surface area contributed by atoms with Crippen LogP contribution in [0.1, 0.15) is 13.3 Å². The predicted octanol–water partition coefficient (Wildman–Crippen LogP) is -1.54. The van der Waals surface area contributed by atoms with E-state index in [0.717, 1.165) is 0 Å². The molecule has 0 aromatic rings. The van der Waals surface area contributed by atoms with Crippen LogP contribution in [-0.4, -0.2) is 28.9 Å². The van der Waals surface area contributed by atoms with E-state index in [0.29, 0.717) is 0 Å². The molecule has 1 amide bonds. The molecule has 0 radical (unpaired) electrons. The van der Waals surface area contributed by atoms with Crippen LogP contribution in [0.5, 0.6) is 0 Å².